The number of nitrogens with one attached hydrogen (secondary N) is 1. The van der Waals surface area contributed by atoms with Gasteiger partial charge < -0.3 is 14.8 Å². The van der Waals surface area contributed by atoms with Crippen LogP contribution in [-0.4, -0.2) is 23.9 Å². The number of hydrogen-bond donors (Lipinski definition) is 1. The molecule has 2 aromatic carbocycles. The van der Waals surface area contributed by atoms with Crippen LogP contribution in [0.4, 0.5) is 0 Å². The van der Waals surface area contributed by atoms with Crippen molar-refractivity contribution in [2.75, 3.05) is 7.11 Å². The quantitative estimate of drug-likeness (QED) is 0.781. The summed E-state index contributed by atoms with van der Waals surface area (Å²) in [4.78, 5) is 13.9. The second-order valence-corrected chi connectivity index (χ2v) is 8.52. The van der Waals surface area contributed by atoms with Crippen molar-refractivity contribution < 1.29 is 14.3 Å². The van der Waals surface area contributed by atoms with E-state index in [1.54, 1.807) is 18.9 Å². The molecule has 2 atom stereocenters. The first kappa shape index (κ1) is 18.6. The molecule has 4 nitrogen and oxygen atoms in total. The van der Waals surface area contributed by atoms with E-state index >= 15 is 0 Å². The Hall–Kier alpha value is -2.14. The summed E-state index contributed by atoms with van der Waals surface area (Å²) in [7, 11) is 1.64. The normalized spacial score (nSPS) is 19.0. The molecule has 2 aromatic rings. The smallest absolute Gasteiger partial charge is 0.233 e. The summed E-state index contributed by atoms with van der Waals surface area (Å²) in [6.45, 7) is 6.02. The van der Waals surface area contributed by atoms with E-state index in [4.69, 9.17) is 9.47 Å². The second kappa shape index (κ2) is 7.62. The third kappa shape index (κ3) is 4.33. The lowest BCUT2D eigenvalue weighted by Gasteiger charge is -2.38. The molecule has 0 bridgehead atoms. The Morgan fingerprint density at radius 3 is 2.69 bits per heavy atom. The van der Waals surface area contributed by atoms with Crippen LogP contribution < -0.4 is 14.8 Å². The molecular formula is C21H25NO3S. The third-order valence-electron chi connectivity index (χ3n) is 4.42. The predicted molar refractivity (Wildman–Crippen MR) is 105 cm³/mol. The monoisotopic (exact) mass is 371 g/mol. The maximum absolute atomic E-state index is 12.8. The van der Waals surface area contributed by atoms with E-state index in [0.717, 1.165) is 22.0 Å². The molecule has 0 saturated heterocycles. The largest absolute Gasteiger partial charge is 0.497 e. The number of methoxy groups -OCH3 is 1. The second-order valence-electron chi connectivity index (χ2n) is 7.10. The molecule has 0 aromatic heterocycles. The van der Waals surface area contributed by atoms with Crippen molar-refractivity contribution in [2.45, 2.75) is 49.0 Å². The minimum atomic E-state index is -0.338. The maximum Gasteiger partial charge on any atom is 0.233 e. The molecule has 3 rings (SSSR count). The first-order valence-corrected chi connectivity index (χ1v) is 9.65. The molecule has 5 heteroatoms. The van der Waals surface area contributed by atoms with Crippen LogP contribution in [0.3, 0.4) is 0 Å². The maximum atomic E-state index is 12.8. The van der Waals surface area contributed by atoms with Gasteiger partial charge >= 0.3 is 0 Å². The van der Waals surface area contributed by atoms with E-state index in [1.807, 2.05) is 69.3 Å². The molecule has 0 fully saturated rings. The lowest BCUT2D eigenvalue weighted by Crippen LogP contribution is -2.43. The van der Waals surface area contributed by atoms with Crippen molar-refractivity contribution in [3.05, 3.63) is 54.1 Å². The highest BCUT2D eigenvalue weighted by atomic mass is 32.2. The van der Waals surface area contributed by atoms with Crippen LogP contribution >= 0.6 is 11.8 Å². The Balaban J connectivity index is 1.77. The summed E-state index contributed by atoms with van der Waals surface area (Å²) in [5.41, 5.74) is 0.629. The molecule has 1 amide bonds. The van der Waals surface area contributed by atoms with Gasteiger partial charge in [-0.25, -0.2) is 0 Å². The third-order valence-corrected chi connectivity index (χ3v) is 5.53. The van der Waals surface area contributed by atoms with Gasteiger partial charge in [0.05, 0.1) is 18.4 Å². The van der Waals surface area contributed by atoms with Gasteiger partial charge in [-0.3, -0.25) is 4.79 Å². The summed E-state index contributed by atoms with van der Waals surface area (Å²) in [6, 6.07) is 15.6. The first-order chi connectivity index (χ1) is 12.4. The number of carbonyl (C=O) groups is 1. The Morgan fingerprint density at radius 2 is 2.00 bits per heavy atom. The van der Waals surface area contributed by atoms with Gasteiger partial charge in [0, 0.05) is 16.9 Å². The van der Waals surface area contributed by atoms with Gasteiger partial charge in [-0.15, -0.1) is 11.8 Å². The number of ether oxygens (including phenoxy) is 2. The number of hydrogen-bond acceptors (Lipinski definition) is 4. The fourth-order valence-corrected chi connectivity index (χ4v) is 4.03. The van der Waals surface area contributed by atoms with E-state index < -0.39 is 0 Å². The van der Waals surface area contributed by atoms with Gasteiger partial charge in [-0.05, 0) is 51.1 Å². The lowest BCUT2D eigenvalue weighted by molar-refractivity contribution is -0.121. The molecule has 1 heterocycles. The zero-order valence-electron chi connectivity index (χ0n) is 15.6. The number of amides is 1. The summed E-state index contributed by atoms with van der Waals surface area (Å²) in [5.74, 6) is 1.59. The molecule has 1 aliphatic heterocycles. The molecular weight excluding hydrogens is 346 g/mol. The van der Waals surface area contributed by atoms with Gasteiger partial charge in [-0.2, -0.15) is 0 Å². The Morgan fingerprint density at radius 1 is 1.27 bits per heavy atom. The Labute approximate surface area is 159 Å². The molecule has 138 valence electrons. The minimum absolute atomic E-state index is 0.0234. The molecule has 1 aliphatic rings. The van der Waals surface area contributed by atoms with Gasteiger partial charge in [-0.1, -0.05) is 18.2 Å². The van der Waals surface area contributed by atoms with Crippen LogP contribution in [0.25, 0.3) is 0 Å². The van der Waals surface area contributed by atoms with Gasteiger partial charge in [0.15, 0.2) is 0 Å². The zero-order chi connectivity index (χ0) is 18.7. The van der Waals surface area contributed by atoms with Crippen LogP contribution in [0.15, 0.2) is 53.4 Å². The fourth-order valence-electron chi connectivity index (χ4n) is 3.13. The van der Waals surface area contributed by atoms with Crippen molar-refractivity contribution >= 4 is 17.7 Å². The van der Waals surface area contributed by atoms with Crippen molar-refractivity contribution in [1.29, 1.82) is 0 Å². The van der Waals surface area contributed by atoms with Crippen molar-refractivity contribution in [3.63, 3.8) is 0 Å². The number of carbonyl (C=O) groups excluding carboxylic acids is 1. The van der Waals surface area contributed by atoms with Crippen LogP contribution in [0.5, 0.6) is 11.5 Å². The van der Waals surface area contributed by atoms with Gasteiger partial charge in [0.25, 0.3) is 0 Å². The highest BCUT2D eigenvalue weighted by molar-refractivity contribution is 8.00. The summed E-state index contributed by atoms with van der Waals surface area (Å²) < 4.78 is 11.4. The van der Waals surface area contributed by atoms with Crippen molar-refractivity contribution in [3.8, 4) is 11.5 Å². The molecule has 1 N–H and O–H groups in total. The van der Waals surface area contributed by atoms with Gasteiger partial charge in [0.2, 0.25) is 5.91 Å². The lowest BCUT2D eigenvalue weighted by atomic mass is 9.89. The molecule has 0 radical (unpaired) electrons. The van der Waals surface area contributed by atoms with Crippen LogP contribution in [-0.2, 0) is 4.79 Å². The predicted octanol–water partition coefficient (Wildman–Crippen LogP) is 4.59. The van der Waals surface area contributed by atoms with Crippen LogP contribution in [0.1, 0.15) is 38.8 Å². The zero-order valence-corrected chi connectivity index (χ0v) is 16.4. The highest BCUT2D eigenvalue weighted by Crippen LogP contribution is 2.41. The standard InChI is InChI=1S/C21H25NO3S/c1-14(26-16-8-6-5-7-9-16)20(23)22-18-13-21(2,3)25-19-11-10-15(24-4)12-17(18)19/h5-12,14,18H,13H2,1-4H3,(H,22,23)/t14-,18+/m0/s1. The summed E-state index contributed by atoms with van der Waals surface area (Å²) >= 11 is 1.56. The SMILES string of the molecule is COc1ccc2c(c1)[C@H](NC(=O)[C@H](C)Sc1ccccc1)CC(C)(C)O2. The number of thioether (sulfide) groups is 1. The number of rotatable bonds is 5. The highest BCUT2D eigenvalue weighted by Gasteiger charge is 2.35. The number of benzene rings is 2. The topological polar surface area (TPSA) is 47.6 Å². The Kier molecular flexibility index (Phi) is 5.47. The average molecular weight is 372 g/mol. The summed E-state index contributed by atoms with van der Waals surface area (Å²) in [5, 5.41) is 3.02. The fraction of sp³-hybridized carbons (Fsp3) is 0.381. The molecule has 0 spiro atoms. The molecule has 26 heavy (non-hydrogen) atoms. The van der Waals surface area contributed by atoms with Gasteiger partial charge in [0.1, 0.15) is 17.1 Å². The average Bonchev–Trinajstić information content (AvgIpc) is 2.61. The van der Waals surface area contributed by atoms with E-state index in [-0.39, 0.29) is 22.8 Å². The minimum Gasteiger partial charge on any atom is -0.497 e. The van der Waals surface area contributed by atoms with E-state index in [2.05, 4.69) is 5.32 Å². The van der Waals surface area contributed by atoms with Crippen molar-refractivity contribution in [1.82, 2.24) is 5.32 Å². The van der Waals surface area contributed by atoms with Crippen molar-refractivity contribution in [2.24, 2.45) is 0 Å². The van der Waals surface area contributed by atoms with Crippen LogP contribution in [0, 0.1) is 0 Å². The molecule has 0 unspecified atom stereocenters. The molecule has 0 saturated carbocycles. The molecule has 0 aliphatic carbocycles. The summed E-state index contributed by atoms with van der Waals surface area (Å²) in [6.07, 6.45) is 0.710. The number of fused-ring (bicyclic) bond motifs is 1. The van der Waals surface area contributed by atoms with E-state index in [1.165, 1.54) is 0 Å². The Bertz CT molecular complexity index is 776. The van der Waals surface area contributed by atoms with E-state index in [9.17, 15) is 4.79 Å². The van der Waals surface area contributed by atoms with Crippen LogP contribution in [0.2, 0.25) is 0 Å². The first-order valence-electron chi connectivity index (χ1n) is 8.77. The van der Waals surface area contributed by atoms with E-state index in [0.29, 0.717) is 6.42 Å².